The average Bonchev–Trinajstić information content (AvgIpc) is 2.40. The van der Waals surface area contributed by atoms with Crippen LogP contribution in [-0.4, -0.2) is 6.29 Å². The maximum Gasteiger partial charge on any atom is 0.123 e. The summed E-state index contributed by atoms with van der Waals surface area (Å²) in [4.78, 5) is 10.9. The monoisotopic (exact) mass is 236 g/mol. The van der Waals surface area contributed by atoms with Crippen LogP contribution in [0.1, 0.15) is 71.1 Å². The molecule has 0 aromatic rings. The Bertz CT molecular complexity index is 228. The largest absolute Gasteiger partial charge is 0.303 e. The minimum atomic E-state index is 0.390. The first-order valence-electron chi connectivity index (χ1n) is 7.77. The first kappa shape index (κ1) is 13.1. The number of hydrogen-bond donors (Lipinski definition) is 0. The lowest BCUT2D eigenvalue weighted by atomic mass is 9.73. The van der Waals surface area contributed by atoms with Crippen molar-refractivity contribution in [1.29, 1.82) is 0 Å². The molecule has 2 fully saturated rings. The van der Waals surface area contributed by atoms with Crippen LogP contribution >= 0.6 is 0 Å². The van der Waals surface area contributed by atoms with Gasteiger partial charge in [0.25, 0.3) is 0 Å². The first-order valence-corrected chi connectivity index (χ1v) is 7.77. The van der Waals surface area contributed by atoms with Gasteiger partial charge in [-0.3, -0.25) is 0 Å². The van der Waals surface area contributed by atoms with Gasteiger partial charge < -0.3 is 4.79 Å². The Morgan fingerprint density at radius 1 is 0.941 bits per heavy atom. The molecular weight excluding hydrogens is 208 g/mol. The Morgan fingerprint density at radius 2 is 1.65 bits per heavy atom. The van der Waals surface area contributed by atoms with Crippen LogP contribution in [0.3, 0.4) is 0 Å². The van der Waals surface area contributed by atoms with Gasteiger partial charge in [-0.15, -0.1) is 0 Å². The highest BCUT2D eigenvalue weighted by Gasteiger charge is 2.26. The van der Waals surface area contributed by atoms with Gasteiger partial charge in [-0.25, -0.2) is 0 Å². The summed E-state index contributed by atoms with van der Waals surface area (Å²) in [6.45, 7) is 2.33. The quantitative estimate of drug-likeness (QED) is 0.652. The highest BCUT2D eigenvalue weighted by atomic mass is 16.1. The topological polar surface area (TPSA) is 17.1 Å². The van der Waals surface area contributed by atoms with E-state index in [1.165, 1.54) is 64.1 Å². The summed E-state index contributed by atoms with van der Waals surface area (Å²) >= 11 is 0. The van der Waals surface area contributed by atoms with Gasteiger partial charge in [-0.1, -0.05) is 51.9 Å². The van der Waals surface area contributed by atoms with Crippen molar-refractivity contribution in [2.24, 2.45) is 23.7 Å². The van der Waals surface area contributed by atoms with Crippen LogP contribution in [0.5, 0.6) is 0 Å². The summed E-state index contributed by atoms with van der Waals surface area (Å²) in [6, 6.07) is 0. The van der Waals surface area contributed by atoms with Crippen LogP contribution in [-0.2, 0) is 4.79 Å². The zero-order valence-electron chi connectivity index (χ0n) is 11.4. The maximum atomic E-state index is 10.9. The SMILES string of the molecule is CCC1CCC(CC2CCCC(C=O)C2)CC1. The molecule has 1 nitrogen and oxygen atoms in total. The Hall–Kier alpha value is -0.330. The minimum Gasteiger partial charge on any atom is -0.303 e. The van der Waals surface area contributed by atoms with Crippen LogP contribution in [0.25, 0.3) is 0 Å². The summed E-state index contributed by atoms with van der Waals surface area (Å²) in [5.74, 6) is 3.25. The van der Waals surface area contributed by atoms with Crippen molar-refractivity contribution in [3.8, 4) is 0 Å². The fourth-order valence-electron chi connectivity index (χ4n) is 4.02. The number of carbonyl (C=O) groups excluding carboxylic acids is 1. The minimum absolute atomic E-state index is 0.390. The van der Waals surface area contributed by atoms with Gasteiger partial charge in [0.2, 0.25) is 0 Å². The molecule has 0 amide bonds. The zero-order chi connectivity index (χ0) is 12.1. The van der Waals surface area contributed by atoms with E-state index in [4.69, 9.17) is 0 Å². The summed E-state index contributed by atoms with van der Waals surface area (Å²) in [6.07, 6.45) is 14.9. The highest BCUT2D eigenvalue weighted by molar-refractivity contribution is 5.53. The van der Waals surface area contributed by atoms with E-state index in [0.717, 1.165) is 24.2 Å². The smallest absolute Gasteiger partial charge is 0.123 e. The molecule has 1 heteroatoms. The fraction of sp³-hybridized carbons (Fsp3) is 0.938. The lowest BCUT2D eigenvalue weighted by Crippen LogP contribution is -2.21. The molecule has 2 unspecified atom stereocenters. The van der Waals surface area contributed by atoms with Crippen molar-refractivity contribution in [2.45, 2.75) is 71.1 Å². The standard InChI is InChI=1S/C16H28O/c1-2-13-6-8-14(9-7-13)10-15-4-3-5-16(11-15)12-17/h12-16H,2-11H2,1H3. The molecule has 0 radical (unpaired) electrons. The number of carbonyl (C=O) groups is 1. The van der Waals surface area contributed by atoms with E-state index in [0.29, 0.717) is 5.92 Å². The molecule has 2 saturated carbocycles. The molecule has 0 N–H and O–H groups in total. The van der Waals surface area contributed by atoms with E-state index in [9.17, 15) is 4.79 Å². The zero-order valence-corrected chi connectivity index (χ0v) is 11.4. The van der Waals surface area contributed by atoms with E-state index in [-0.39, 0.29) is 0 Å². The molecule has 17 heavy (non-hydrogen) atoms. The molecule has 0 aromatic carbocycles. The van der Waals surface area contributed by atoms with Crippen molar-refractivity contribution in [3.63, 3.8) is 0 Å². The predicted molar refractivity (Wildman–Crippen MR) is 71.9 cm³/mol. The van der Waals surface area contributed by atoms with Crippen LogP contribution in [0.4, 0.5) is 0 Å². The number of aldehydes is 1. The van der Waals surface area contributed by atoms with Crippen LogP contribution in [0, 0.1) is 23.7 Å². The molecule has 2 aliphatic rings. The van der Waals surface area contributed by atoms with Crippen molar-refractivity contribution >= 4 is 6.29 Å². The van der Waals surface area contributed by atoms with Crippen molar-refractivity contribution in [3.05, 3.63) is 0 Å². The molecule has 0 spiro atoms. The molecule has 0 bridgehead atoms. The van der Waals surface area contributed by atoms with Crippen LogP contribution < -0.4 is 0 Å². The third kappa shape index (κ3) is 3.82. The molecule has 98 valence electrons. The second-order valence-corrected chi connectivity index (χ2v) is 6.46. The molecule has 0 saturated heterocycles. The van der Waals surface area contributed by atoms with Gasteiger partial charge >= 0.3 is 0 Å². The van der Waals surface area contributed by atoms with Crippen LogP contribution in [0.15, 0.2) is 0 Å². The van der Waals surface area contributed by atoms with E-state index < -0.39 is 0 Å². The normalized spacial score (nSPS) is 38.9. The Kier molecular flexibility index (Phi) is 5.06. The second-order valence-electron chi connectivity index (χ2n) is 6.46. The summed E-state index contributed by atoms with van der Waals surface area (Å²) in [7, 11) is 0. The van der Waals surface area contributed by atoms with Gasteiger partial charge in [0.1, 0.15) is 6.29 Å². The third-order valence-electron chi connectivity index (χ3n) is 5.23. The molecule has 0 aromatic heterocycles. The van der Waals surface area contributed by atoms with Crippen molar-refractivity contribution in [1.82, 2.24) is 0 Å². The predicted octanol–water partition coefficient (Wildman–Crippen LogP) is 4.60. The van der Waals surface area contributed by atoms with Gasteiger partial charge in [0, 0.05) is 5.92 Å². The summed E-state index contributed by atoms with van der Waals surface area (Å²) in [5.41, 5.74) is 0. The van der Waals surface area contributed by atoms with Gasteiger partial charge in [0.15, 0.2) is 0 Å². The molecule has 2 aliphatic carbocycles. The Morgan fingerprint density at radius 3 is 2.29 bits per heavy atom. The Balaban J connectivity index is 1.72. The van der Waals surface area contributed by atoms with E-state index in [2.05, 4.69) is 6.92 Å². The van der Waals surface area contributed by atoms with Gasteiger partial charge in [0.05, 0.1) is 0 Å². The molecular formula is C16H28O. The lowest BCUT2D eigenvalue weighted by molar-refractivity contribution is -0.112. The maximum absolute atomic E-state index is 10.9. The lowest BCUT2D eigenvalue weighted by Gasteiger charge is -2.33. The Labute approximate surface area is 106 Å². The van der Waals surface area contributed by atoms with Gasteiger partial charge in [-0.05, 0) is 37.0 Å². The average molecular weight is 236 g/mol. The van der Waals surface area contributed by atoms with Crippen LogP contribution in [0.2, 0.25) is 0 Å². The molecule has 2 atom stereocenters. The third-order valence-corrected chi connectivity index (χ3v) is 5.23. The number of rotatable bonds is 4. The summed E-state index contributed by atoms with van der Waals surface area (Å²) < 4.78 is 0. The molecule has 0 heterocycles. The van der Waals surface area contributed by atoms with Gasteiger partial charge in [-0.2, -0.15) is 0 Å². The first-order chi connectivity index (χ1) is 8.31. The highest BCUT2D eigenvalue weighted by Crippen LogP contribution is 2.38. The van der Waals surface area contributed by atoms with Crippen molar-refractivity contribution in [2.75, 3.05) is 0 Å². The van der Waals surface area contributed by atoms with E-state index >= 15 is 0 Å². The van der Waals surface area contributed by atoms with Crippen molar-refractivity contribution < 1.29 is 4.79 Å². The molecule has 0 aliphatic heterocycles. The second kappa shape index (κ2) is 6.56. The van der Waals surface area contributed by atoms with E-state index in [1.807, 2.05) is 0 Å². The summed E-state index contributed by atoms with van der Waals surface area (Å²) in [5, 5.41) is 0. The van der Waals surface area contributed by atoms with E-state index in [1.54, 1.807) is 0 Å². The number of hydrogen-bond acceptors (Lipinski definition) is 1. The fourth-order valence-corrected chi connectivity index (χ4v) is 4.02. The molecule has 2 rings (SSSR count).